The van der Waals surface area contributed by atoms with Crippen LogP contribution < -0.4 is 4.74 Å². The number of amides is 1. The maximum Gasteiger partial charge on any atom is 0.255 e. The topological polar surface area (TPSA) is 62.7 Å². The molecule has 2 rings (SSSR count). The lowest BCUT2D eigenvalue weighted by molar-refractivity contribution is 0.0766. The van der Waals surface area contributed by atoms with Crippen molar-refractivity contribution in [2.24, 2.45) is 0 Å². The molecule has 2 aromatic rings. The minimum absolute atomic E-state index is 0.0931. The Balaban J connectivity index is 2.12. The molecule has 0 bridgehead atoms. The monoisotopic (exact) mass is 340 g/mol. The first kappa shape index (κ1) is 16.5. The van der Waals surface area contributed by atoms with E-state index in [9.17, 15) is 4.79 Å². The summed E-state index contributed by atoms with van der Waals surface area (Å²) >= 11 is 11.9. The third kappa shape index (κ3) is 3.88. The largest absolute Gasteiger partial charge is 0.437 e. The van der Waals surface area contributed by atoms with Gasteiger partial charge < -0.3 is 14.7 Å². The van der Waals surface area contributed by atoms with Gasteiger partial charge in [-0.2, -0.15) is 0 Å². The van der Waals surface area contributed by atoms with Gasteiger partial charge in [0.2, 0.25) is 5.88 Å². The van der Waals surface area contributed by atoms with Crippen LogP contribution >= 0.6 is 23.2 Å². The second kappa shape index (κ2) is 7.45. The standard InChI is InChI=1S/C15H14Cl2N2O3/c1-19(7-8-20)15(21)10-5-6-13(18-9-10)22-12-4-2-3-11(16)14(12)17/h2-6,9,20H,7-8H2,1H3. The molecule has 0 radical (unpaired) electrons. The molecule has 7 heteroatoms. The molecule has 0 saturated carbocycles. The van der Waals surface area contributed by atoms with E-state index in [1.165, 1.54) is 11.1 Å². The Morgan fingerprint density at radius 1 is 1.32 bits per heavy atom. The quantitative estimate of drug-likeness (QED) is 0.907. The number of nitrogens with zero attached hydrogens (tertiary/aromatic N) is 2. The molecule has 0 aliphatic rings. The van der Waals surface area contributed by atoms with E-state index < -0.39 is 0 Å². The minimum Gasteiger partial charge on any atom is -0.437 e. The zero-order chi connectivity index (χ0) is 16.1. The number of aliphatic hydroxyl groups excluding tert-OH is 1. The summed E-state index contributed by atoms with van der Waals surface area (Å²) in [5, 5.41) is 9.52. The first-order valence-corrected chi connectivity index (χ1v) is 7.22. The van der Waals surface area contributed by atoms with Crippen LogP contribution in [-0.4, -0.2) is 41.1 Å². The number of ether oxygens (including phenoxy) is 1. The molecule has 116 valence electrons. The fourth-order valence-corrected chi connectivity index (χ4v) is 2.05. The Labute approximate surface area is 138 Å². The molecular weight excluding hydrogens is 327 g/mol. The van der Waals surface area contributed by atoms with E-state index in [0.717, 1.165) is 0 Å². The third-order valence-electron chi connectivity index (χ3n) is 2.90. The summed E-state index contributed by atoms with van der Waals surface area (Å²) in [6.45, 7) is 0.166. The van der Waals surface area contributed by atoms with E-state index in [0.29, 0.717) is 27.2 Å². The van der Waals surface area contributed by atoms with Crippen molar-refractivity contribution in [3.8, 4) is 11.6 Å². The predicted octanol–water partition coefficient (Wildman–Crippen LogP) is 3.25. The number of pyridine rings is 1. The van der Waals surface area contributed by atoms with Gasteiger partial charge >= 0.3 is 0 Å². The van der Waals surface area contributed by atoms with E-state index in [1.54, 1.807) is 37.4 Å². The average molecular weight is 341 g/mol. The van der Waals surface area contributed by atoms with E-state index in [1.807, 2.05) is 0 Å². The van der Waals surface area contributed by atoms with Crippen LogP contribution in [0.2, 0.25) is 10.0 Å². The molecule has 1 N–H and O–H groups in total. The summed E-state index contributed by atoms with van der Waals surface area (Å²) in [4.78, 5) is 17.5. The van der Waals surface area contributed by atoms with Crippen molar-refractivity contribution in [3.63, 3.8) is 0 Å². The van der Waals surface area contributed by atoms with Crippen molar-refractivity contribution in [1.82, 2.24) is 9.88 Å². The first-order chi connectivity index (χ1) is 10.5. The number of rotatable bonds is 5. The summed E-state index contributed by atoms with van der Waals surface area (Å²) in [6.07, 6.45) is 1.41. The Kier molecular flexibility index (Phi) is 5.60. The second-order valence-electron chi connectivity index (χ2n) is 4.49. The fourth-order valence-electron chi connectivity index (χ4n) is 1.71. The molecule has 0 aliphatic heterocycles. The summed E-state index contributed by atoms with van der Waals surface area (Å²) in [5.74, 6) is 0.456. The Bertz CT molecular complexity index is 662. The number of hydrogen-bond donors (Lipinski definition) is 1. The van der Waals surface area contributed by atoms with Crippen LogP contribution in [0.4, 0.5) is 0 Å². The Morgan fingerprint density at radius 3 is 2.73 bits per heavy atom. The summed E-state index contributed by atoms with van der Waals surface area (Å²) in [5.41, 5.74) is 0.403. The number of hydrogen-bond acceptors (Lipinski definition) is 4. The highest BCUT2D eigenvalue weighted by molar-refractivity contribution is 6.42. The lowest BCUT2D eigenvalue weighted by atomic mass is 10.2. The number of likely N-dealkylation sites (N-methyl/N-ethyl adjacent to an activating group) is 1. The third-order valence-corrected chi connectivity index (χ3v) is 3.70. The number of aliphatic hydroxyl groups is 1. The van der Waals surface area contributed by atoms with Crippen LogP contribution in [0.25, 0.3) is 0 Å². The number of carbonyl (C=O) groups excluding carboxylic acids is 1. The molecule has 0 saturated heterocycles. The molecule has 0 atom stereocenters. The van der Waals surface area contributed by atoms with Crippen molar-refractivity contribution < 1.29 is 14.6 Å². The van der Waals surface area contributed by atoms with E-state index in [-0.39, 0.29) is 19.1 Å². The second-order valence-corrected chi connectivity index (χ2v) is 5.27. The SMILES string of the molecule is CN(CCO)C(=O)c1ccc(Oc2cccc(Cl)c2Cl)nc1. The van der Waals surface area contributed by atoms with Crippen LogP contribution in [0.15, 0.2) is 36.5 Å². The van der Waals surface area contributed by atoms with Gasteiger partial charge in [0.15, 0.2) is 0 Å². The summed E-state index contributed by atoms with van der Waals surface area (Å²) in [7, 11) is 1.61. The van der Waals surface area contributed by atoms with E-state index >= 15 is 0 Å². The smallest absolute Gasteiger partial charge is 0.255 e. The molecule has 0 spiro atoms. The molecular formula is C15H14Cl2N2O3. The molecule has 1 aromatic heterocycles. The number of benzene rings is 1. The molecule has 1 aromatic carbocycles. The maximum absolute atomic E-state index is 12.0. The van der Waals surface area contributed by atoms with Gasteiger partial charge in [-0.05, 0) is 18.2 Å². The maximum atomic E-state index is 12.0. The molecule has 22 heavy (non-hydrogen) atoms. The molecule has 0 fully saturated rings. The van der Waals surface area contributed by atoms with Gasteiger partial charge in [-0.25, -0.2) is 4.98 Å². The van der Waals surface area contributed by atoms with E-state index in [2.05, 4.69) is 4.98 Å². The van der Waals surface area contributed by atoms with Gasteiger partial charge in [0.1, 0.15) is 10.8 Å². The highest BCUT2D eigenvalue weighted by Crippen LogP contribution is 2.33. The summed E-state index contributed by atoms with van der Waals surface area (Å²) < 4.78 is 5.54. The van der Waals surface area contributed by atoms with Crippen molar-refractivity contribution in [2.75, 3.05) is 20.2 Å². The van der Waals surface area contributed by atoms with Crippen molar-refractivity contribution in [1.29, 1.82) is 0 Å². The number of halogens is 2. The van der Waals surface area contributed by atoms with Crippen LogP contribution in [0.3, 0.4) is 0 Å². The van der Waals surface area contributed by atoms with Crippen molar-refractivity contribution in [2.45, 2.75) is 0 Å². The molecule has 0 unspecified atom stereocenters. The molecule has 1 heterocycles. The Hall–Kier alpha value is -1.82. The minimum atomic E-state index is -0.228. The zero-order valence-electron chi connectivity index (χ0n) is 11.8. The zero-order valence-corrected chi connectivity index (χ0v) is 13.3. The molecule has 1 amide bonds. The fraction of sp³-hybridized carbons (Fsp3) is 0.200. The van der Waals surface area contributed by atoms with Crippen LogP contribution in [0, 0.1) is 0 Å². The number of aromatic nitrogens is 1. The lowest BCUT2D eigenvalue weighted by Gasteiger charge is -2.15. The number of carbonyl (C=O) groups is 1. The summed E-state index contributed by atoms with van der Waals surface area (Å²) in [6, 6.07) is 8.20. The Morgan fingerprint density at radius 2 is 2.09 bits per heavy atom. The first-order valence-electron chi connectivity index (χ1n) is 6.47. The van der Waals surface area contributed by atoms with Crippen molar-refractivity contribution >= 4 is 29.1 Å². The van der Waals surface area contributed by atoms with Gasteiger partial charge in [0, 0.05) is 25.9 Å². The van der Waals surface area contributed by atoms with Crippen LogP contribution in [0.1, 0.15) is 10.4 Å². The van der Waals surface area contributed by atoms with Gasteiger partial charge in [-0.15, -0.1) is 0 Å². The van der Waals surface area contributed by atoms with Gasteiger partial charge in [0.05, 0.1) is 17.2 Å². The van der Waals surface area contributed by atoms with Gasteiger partial charge in [-0.3, -0.25) is 4.79 Å². The normalized spacial score (nSPS) is 10.4. The highest BCUT2D eigenvalue weighted by atomic mass is 35.5. The van der Waals surface area contributed by atoms with Crippen LogP contribution in [0.5, 0.6) is 11.6 Å². The van der Waals surface area contributed by atoms with Gasteiger partial charge in [0.25, 0.3) is 5.91 Å². The highest BCUT2D eigenvalue weighted by Gasteiger charge is 2.12. The van der Waals surface area contributed by atoms with Gasteiger partial charge in [-0.1, -0.05) is 29.3 Å². The average Bonchev–Trinajstić information content (AvgIpc) is 2.52. The van der Waals surface area contributed by atoms with Crippen molar-refractivity contribution in [3.05, 3.63) is 52.1 Å². The predicted molar refractivity (Wildman–Crippen MR) is 84.8 cm³/mol. The lowest BCUT2D eigenvalue weighted by Crippen LogP contribution is -2.29. The van der Waals surface area contributed by atoms with Crippen LogP contribution in [-0.2, 0) is 0 Å². The molecule has 5 nitrogen and oxygen atoms in total. The molecule has 0 aliphatic carbocycles. The van der Waals surface area contributed by atoms with E-state index in [4.69, 9.17) is 33.0 Å².